The van der Waals surface area contributed by atoms with E-state index in [9.17, 15) is 0 Å². The average molecular weight is 136 g/mol. The lowest BCUT2D eigenvalue weighted by atomic mass is 10.1. The summed E-state index contributed by atoms with van der Waals surface area (Å²) in [4.78, 5) is 0. The van der Waals surface area contributed by atoms with Crippen LogP contribution in [0, 0.1) is 5.92 Å². The standard InChI is InChI=1S/C10H16/c1-2-3-4-7-10-8-5-6-9-10/h4-5,7-8,10H,2-3,6,9H2,1H3/b7-4+. The highest BCUT2D eigenvalue weighted by Gasteiger charge is 2.02. The zero-order valence-electron chi connectivity index (χ0n) is 6.72. The minimum absolute atomic E-state index is 0.756. The zero-order valence-corrected chi connectivity index (χ0v) is 6.72. The molecule has 0 saturated heterocycles. The Balaban J connectivity index is 2.17. The molecule has 0 aliphatic heterocycles. The van der Waals surface area contributed by atoms with Crippen LogP contribution in [0.25, 0.3) is 0 Å². The fraction of sp³-hybridized carbons (Fsp3) is 0.600. The first-order valence-corrected chi connectivity index (χ1v) is 4.27. The highest BCUT2D eigenvalue weighted by atomic mass is 14.1. The molecule has 0 amide bonds. The third-order valence-corrected chi connectivity index (χ3v) is 1.89. The van der Waals surface area contributed by atoms with E-state index in [1.165, 1.54) is 25.7 Å². The lowest BCUT2D eigenvalue weighted by Crippen LogP contribution is -1.83. The third-order valence-electron chi connectivity index (χ3n) is 1.89. The van der Waals surface area contributed by atoms with E-state index in [0.717, 1.165) is 5.92 Å². The molecular weight excluding hydrogens is 120 g/mol. The van der Waals surface area contributed by atoms with Crippen LogP contribution in [0.15, 0.2) is 24.3 Å². The second-order valence-corrected chi connectivity index (χ2v) is 2.89. The Bertz CT molecular complexity index is 131. The molecule has 0 N–H and O–H groups in total. The number of unbranched alkanes of at least 4 members (excludes halogenated alkanes) is 1. The summed E-state index contributed by atoms with van der Waals surface area (Å²) in [7, 11) is 0. The van der Waals surface area contributed by atoms with Crippen LogP contribution >= 0.6 is 0 Å². The first-order valence-electron chi connectivity index (χ1n) is 4.27. The van der Waals surface area contributed by atoms with E-state index in [1.54, 1.807) is 0 Å². The molecule has 0 aromatic rings. The smallest absolute Gasteiger partial charge is 0.00506 e. The molecule has 0 heterocycles. The number of allylic oxidation sites excluding steroid dienone is 4. The predicted molar refractivity (Wildman–Crippen MR) is 45.9 cm³/mol. The molecular formula is C10H16. The molecule has 0 spiro atoms. The Labute approximate surface area is 63.6 Å². The number of hydrogen-bond donors (Lipinski definition) is 0. The van der Waals surface area contributed by atoms with Crippen molar-refractivity contribution in [1.29, 1.82) is 0 Å². The van der Waals surface area contributed by atoms with Crippen molar-refractivity contribution < 1.29 is 0 Å². The molecule has 0 aromatic heterocycles. The van der Waals surface area contributed by atoms with Gasteiger partial charge in [0.05, 0.1) is 0 Å². The maximum Gasteiger partial charge on any atom is -0.00506 e. The van der Waals surface area contributed by atoms with E-state index in [1.807, 2.05) is 0 Å². The van der Waals surface area contributed by atoms with Crippen molar-refractivity contribution in [2.75, 3.05) is 0 Å². The van der Waals surface area contributed by atoms with Gasteiger partial charge in [-0.2, -0.15) is 0 Å². The Morgan fingerprint density at radius 1 is 1.60 bits per heavy atom. The monoisotopic (exact) mass is 136 g/mol. The Kier molecular flexibility index (Phi) is 3.28. The minimum atomic E-state index is 0.756. The first kappa shape index (κ1) is 7.59. The van der Waals surface area contributed by atoms with Crippen molar-refractivity contribution in [1.82, 2.24) is 0 Å². The molecule has 0 aromatic carbocycles. The summed E-state index contributed by atoms with van der Waals surface area (Å²) in [5.41, 5.74) is 0. The molecule has 0 radical (unpaired) electrons. The lowest BCUT2D eigenvalue weighted by Gasteiger charge is -1.96. The van der Waals surface area contributed by atoms with Crippen LogP contribution in [0.1, 0.15) is 32.6 Å². The van der Waals surface area contributed by atoms with E-state index in [4.69, 9.17) is 0 Å². The van der Waals surface area contributed by atoms with E-state index in [-0.39, 0.29) is 0 Å². The maximum absolute atomic E-state index is 2.34. The number of rotatable bonds is 3. The van der Waals surface area contributed by atoms with Crippen LogP contribution < -0.4 is 0 Å². The van der Waals surface area contributed by atoms with Crippen molar-refractivity contribution in [2.45, 2.75) is 32.6 Å². The highest BCUT2D eigenvalue weighted by Crippen LogP contribution is 2.17. The topological polar surface area (TPSA) is 0 Å². The summed E-state index contributed by atoms with van der Waals surface area (Å²) in [6, 6.07) is 0. The quantitative estimate of drug-likeness (QED) is 0.522. The fourth-order valence-electron chi connectivity index (χ4n) is 1.25. The second-order valence-electron chi connectivity index (χ2n) is 2.89. The van der Waals surface area contributed by atoms with Crippen LogP contribution in [-0.4, -0.2) is 0 Å². The second kappa shape index (κ2) is 4.32. The molecule has 1 aliphatic carbocycles. The third kappa shape index (κ3) is 2.38. The van der Waals surface area contributed by atoms with Gasteiger partial charge in [0.1, 0.15) is 0 Å². The predicted octanol–water partition coefficient (Wildman–Crippen LogP) is 3.31. The van der Waals surface area contributed by atoms with E-state index in [2.05, 4.69) is 31.2 Å². The van der Waals surface area contributed by atoms with Gasteiger partial charge in [-0.25, -0.2) is 0 Å². The molecule has 0 heteroatoms. The van der Waals surface area contributed by atoms with Gasteiger partial charge in [0.15, 0.2) is 0 Å². The fourth-order valence-corrected chi connectivity index (χ4v) is 1.25. The van der Waals surface area contributed by atoms with Gasteiger partial charge in [-0.15, -0.1) is 0 Å². The van der Waals surface area contributed by atoms with Gasteiger partial charge in [-0.1, -0.05) is 37.6 Å². The van der Waals surface area contributed by atoms with Crippen LogP contribution in [0.2, 0.25) is 0 Å². The lowest BCUT2D eigenvalue weighted by molar-refractivity contribution is 0.766. The van der Waals surface area contributed by atoms with Crippen LogP contribution in [0.3, 0.4) is 0 Å². The van der Waals surface area contributed by atoms with Gasteiger partial charge in [0.25, 0.3) is 0 Å². The van der Waals surface area contributed by atoms with Gasteiger partial charge in [-0.3, -0.25) is 0 Å². The van der Waals surface area contributed by atoms with Crippen molar-refractivity contribution >= 4 is 0 Å². The first-order chi connectivity index (χ1) is 4.93. The van der Waals surface area contributed by atoms with Crippen molar-refractivity contribution in [3.8, 4) is 0 Å². The largest absolute Gasteiger partial charge is 0.0880 e. The van der Waals surface area contributed by atoms with Gasteiger partial charge >= 0.3 is 0 Å². The summed E-state index contributed by atoms with van der Waals surface area (Å²) < 4.78 is 0. The van der Waals surface area contributed by atoms with Crippen LogP contribution in [0.4, 0.5) is 0 Å². The van der Waals surface area contributed by atoms with Crippen molar-refractivity contribution in [3.63, 3.8) is 0 Å². The van der Waals surface area contributed by atoms with Gasteiger partial charge in [0.2, 0.25) is 0 Å². The molecule has 1 aliphatic rings. The summed E-state index contributed by atoms with van der Waals surface area (Å²) in [5.74, 6) is 0.756. The summed E-state index contributed by atoms with van der Waals surface area (Å²) >= 11 is 0. The zero-order chi connectivity index (χ0) is 7.23. The van der Waals surface area contributed by atoms with Crippen LogP contribution in [0.5, 0.6) is 0 Å². The average Bonchev–Trinajstić information content (AvgIpc) is 2.41. The molecule has 1 atom stereocenters. The van der Waals surface area contributed by atoms with E-state index >= 15 is 0 Å². The molecule has 56 valence electrons. The van der Waals surface area contributed by atoms with Gasteiger partial charge < -0.3 is 0 Å². The van der Waals surface area contributed by atoms with Crippen molar-refractivity contribution in [3.05, 3.63) is 24.3 Å². The SMILES string of the molecule is CCC/C=C/C1C=CCC1. The normalized spacial score (nSPS) is 24.7. The summed E-state index contributed by atoms with van der Waals surface area (Å²) in [6.45, 7) is 2.22. The molecule has 0 saturated carbocycles. The highest BCUT2D eigenvalue weighted by molar-refractivity contribution is 5.05. The summed E-state index contributed by atoms with van der Waals surface area (Å²) in [5, 5.41) is 0. The maximum atomic E-state index is 2.34. The molecule has 0 bridgehead atoms. The Hall–Kier alpha value is -0.520. The molecule has 0 nitrogen and oxygen atoms in total. The van der Waals surface area contributed by atoms with Crippen LogP contribution in [-0.2, 0) is 0 Å². The molecule has 1 rings (SSSR count). The van der Waals surface area contributed by atoms with E-state index < -0.39 is 0 Å². The number of hydrogen-bond acceptors (Lipinski definition) is 0. The Morgan fingerprint density at radius 3 is 3.10 bits per heavy atom. The Morgan fingerprint density at radius 2 is 2.50 bits per heavy atom. The minimum Gasteiger partial charge on any atom is -0.0880 e. The van der Waals surface area contributed by atoms with Gasteiger partial charge in [0, 0.05) is 0 Å². The van der Waals surface area contributed by atoms with Gasteiger partial charge in [-0.05, 0) is 25.2 Å². The summed E-state index contributed by atoms with van der Waals surface area (Å²) in [6.07, 6.45) is 14.4. The van der Waals surface area contributed by atoms with Crippen molar-refractivity contribution in [2.24, 2.45) is 5.92 Å². The van der Waals surface area contributed by atoms with E-state index in [0.29, 0.717) is 0 Å². The molecule has 0 fully saturated rings. The molecule has 1 unspecified atom stereocenters. The molecule has 10 heavy (non-hydrogen) atoms.